The second kappa shape index (κ2) is 9.13. The number of rotatable bonds is 5. The van der Waals surface area contributed by atoms with Gasteiger partial charge in [0.1, 0.15) is 5.82 Å². The first kappa shape index (κ1) is 18.9. The average Bonchev–Trinajstić information content (AvgIpc) is 2.47. The summed E-state index contributed by atoms with van der Waals surface area (Å²) in [6.45, 7) is 3.49. The van der Waals surface area contributed by atoms with Crippen LogP contribution in [0.15, 0.2) is 12.1 Å². The van der Waals surface area contributed by atoms with E-state index >= 15 is 0 Å². The molecule has 0 radical (unpaired) electrons. The van der Waals surface area contributed by atoms with Crippen LogP contribution in [-0.2, 0) is 0 Å². The highest BCUT2D eigenvalue weighted by molar-refractivity contribution is 6.33. The van der Waals surface area contributed by atoms with Gasteiger partial charge in [-0.2, -0.15) is 0 Å². The van der Waals surface area contributed by atoms with E-state index in [-0.39, 0.29) is 30.1 Å². The molecule has 1 heterocycles. The Balaban J connectivity index is 0.00000220. The maximum Gasteiger partial charge on any atom is 0.148 e. The Kier molecular flexibility index (Phi) is 8.24. The Labute approximate surface area is 140 Å². The Morgan fingerprint density at radius 2 is 1.86 bits per heavy atom. The van der Waals surface area contributed by atoms with Crippen molar-refractivity contribution < 1.29 is 9.50 Å². The molecule has 1 aliphatic heterocycles. The maximum atomic E-state index is 14.4. The second-order valence-electron chi connectivity index (χ2n) is 4.92. The Bertz CT molecular complexity index is 456. The van der Waals surface area contributed by atoms with Crippen LogP contribution in [0.25, 0.3) is 0 Å². The highest BCUT2D eigenvalue weighted by Gasteiger charge is 2.27. The lowest BCUT2D eigenvalue weighted by atomic mass is 9.99. The predicted molar refractivity (Wildman–Crippen MR) is 87.2 cm³/mol. The third kappa shape index (κ3) is 4.68. The van der Waals surface area contributed by atoms with Crippen molar-refractivity contribution >= 4 is 35.6 Å². The molecule has 1 fully saturated rings. The first-order chi connectivity index (χ1) is 9.65. The quantitative estimate of drug-likeness (QED) is 0.794. The number of hydrogen-bond donors (Lipinski definition) is 2. The first-order valence-electron chi connectivity index (χ1n) is 6.84. The van der Waals surface area contributed by atoms with Crippen molar-refractivity contribution in [2.24, 2.45) is 0 Å². The lowest BCUT2D eigenvalue weighted by molar-refractivity contribution is 0.152. The molecule has 0 amide bonds. The van der Waals surface area contributed by atoms with Crippen LogP contribution >= 0.6 is 35.6 Å². The van der Waals surface area contributed by atoms with Gasteiger partial charge < -0.3 is 10.4 Å². The molecule has 0 spiro atoms. The number of aliphatic hydroxyl groups is 1. The van der Waals surface area contributed by atoms with Gasteiger partial charge in [-0.3, -0.25) is 4.90 Å². The molecule has 2 N–H and O–H groups in total. The predicted octanol–water partition coefficient (Wildman–Crippen LogP) is 3.27. The molecule has 120 valence electrons. The third-order valence-electron chi connectivity index (χ3n) is 3.64. The molecular weight excluding hydrogens is 338 g/mol. The molecule has 1 atom stereocenters. The highest BCUT2D eigenvalue weighted by atomic mass is 35.5. The molecule has 7 heteroatoms. The molecule has 3 nitrogen and oxygen atoms in total. The van der Waals surface area contributed by atoms with Gasteiger partial charge in [0.25, 0.3) is 0 Å². The van der Waals surface area contributed by atoms with Crippen LogP contribution < -0.4 is 5.32 Å². The zero-order chi connectivity index (χ0) is 14.5. The monoisotopic (exact) mass is 356 g/mol. The van der Waals surface area contributed by atoms with Crippen LogP contribution in [-0.4, -0.2) is 42.8 Å². The van der Waals surface area contributed by atoms with Crippen LogP contribution in [0.5, 0.6) is 0 Å². The molecule has 0 saturated carbocycles. The van der Waals surface area contributed by atoms with Gasteiger partial charge in [-0.1, -0.05) is 23.2 Å². The van der Waals surface area contributed by atoms with Gasteiger partial charge in [0.05, 0.1) is 5.02 Å². The van der Waals surface area contributed by atoms with Gasteiger partial charge in [0.2, 0.25) is 0 Å². The Morgan fingerprint density at radius 3 is 2.48 bits per heavy atom. The Morgan fingerprint density at radius 1 is 1.24 bits per heavy atom. The molecular formula is C14H20Cl3FN2O. The minimum Gasteiger partial charge on any atom is -0.396 e. The first-order valence-corrected chi connectivity index (χ1v) is 7.59. The molecule has 2 rings (SSSR count). The van der Waals surface area contributed by atoms with Crippen molar-refractivity contribution in [2.45, 2.75) is 18.9 Å². The zero-order valence-electron chi connectivity index (χ0n) is 11.6. The summed E-state index contributed by atoms with van der Waals surface area (Å²) in [4.78, 5) is 2.20. The lowest BCUT2D eigenvalue weighted by Gasteiger charge is -2.36. The van der Waals surface area contributed by atoms with E-state index in [1.165, 1.54) is 6.07 Å². The van der Waals surface area contributed by atoms with Crippen LogP contribution in [0.3, 0.4) is 0 Å². The van der Waals surface area contributed by atoms with Crippen molar-refractivity contribution in [3.63, 3.8) is 0 Å². The molecule has 1 saturated heterocycles. The summed E-state index contributed by atoms with van der Waals surface area (Å²) in [6.07, 6.45) is 1.27. The summed E-state index contributed by atoms with van der Waals surface area (Å²) in [7, 11) is 0. The number of nitrogens with one attached hydrogen (secondary N) is 1. The van der Waals surface area contributed by atoms with Gasteiger partial charge in [0.15, 0.2) is 0 Å². The fourth-order valence-corrected chi connectivity index (χ4v) is 3.07. The minimum atomic E-state index is -0.444. The number of hydrogen-bond acceptors (Lipinski definition) is 3. The van der Waals surface area contributed by atoms with Crippen LogP contribution in [0.4, 0.5) is 4.39 Å². The van der Waals surface area contributed by atoms with Crippen LogP contribution in [0.2, 0.25) is 10.0 Å². The molecule has 0 unspecified atom stereocenters. The maximum absolute atomic E-state index is 14.4. The fraction of sp³-hybridized carbons (Fsp3) is 0.571. The van der Waals surface area contributed by atoms with Gasteiger partial charge in [0, 0.05) is 49.4 Å². The molecule has 1 aromatic carbocycles. The van der Waals surface area contributed by atoms with Gasteiger partial charge >= 0.3 is 0 Å². The minimum absolute atomic E-state index is 0. The molecule has 0 aromatic heterocycles. The summed E-state index contributed by atoms with van der Waals surface area (Å²) in [6, 6.07) is 2.97. The summed E-state index contributed by atoms with van der Waals surface area (Å²) >= 11 is 12.1. The summed E-state index contributed by atoms with van der Waals surface area (Å²) < 4.78 is 14.4. The molecule has 21 heavy (non-hydrogen) atoms. The number of piperazine rings is 1. The van der Waals surface area contributed by atoms with Crippen molar-refractivity contribution in [3.05, 3.63) is 33.6 Å². The van der Waals surface area contributed by atoms with Gasteiger partial charge in [-0.05, 0) is 25.0 Å². The van der Waals surface area contributed by atoms with Crippen molar-refractivity contribution in [3.8, 4) is 0 Å². The summed E-state index contributed by atoms with van der Waals surface area (Å²) in [5.74, 6) is -0.444. The van der Waals surface area contributed by atoms with E-state index in [1.54, 1.807) is 6.07 Å². The molecule has 0 bridgehead atoms. The topological polar surface area (TPSA) is 35.5 Å². The van der Waals surface area contributed by atoms with Crippen molar-refractivity contribution in [1.29, 1.82) is 0 Å². The second-order valence-corrected chi connectivity index (χ2v) is 5.74. The molecule has 0 aliphatic carbocycles. The van der Waals surface area contributed by atoms with E-state index in [2.05, 4.69) is 10.2 Å². The SMILES string of the molecule is Cl.OCCC[C@@H](c1c(Cl)ccc(Cl)c1F)N1CCNCC1. The van der Waals surface area contributed by atoms with Crippen LogP contribution in [0.1, 0.15) is 24.4 Å². The van der Waals surface area contributed by atoms with E-state index in [0.29, 0.717) is 23.4 Å². The largest absolute Gasteiger partial charge is 0.396 e. The average molecular weight is 358 g/mol. The van der Waals surface area contributed by atoms with E-state index in [1.807, 2.05) is 0 Å². The summed E-state index contributed by atoms with van der Waals surface area (Å²) in [5, 5.41) is 12.8. The lowest BCUT2D eigenvalue weighted by Crippen LogP contribution is -2.45. The number of benzene rings is 1. The van der Waals surface area contributed by atoms with Crippen LogP contribution in [0, 0.1) is 5.82 Å². The fourth-order valence-electron chi connectivity index (χ4n) is 2.64. The smallest absolute Gasteiger partial charge is 0.148 e. The molecule has 1 aliphatic rings. The summed E-state index contributed by atoms with van der Waals surface area (Å²) in [5.41, 5.74) is 0.453. The molecule has 1 aromatic rings. The highest BCUT2D eigenvalue weighted by Crippen LogP contribution is 2.36. The van der Waals surface area contributed by atoms with E-state index < -0.39 is 5.82 Å². The Hall–Kier alpha value is -0.100. The zero-order valence-corrected chi connectivity index (χ0v) is 13.9. The standard InChI is InChI=1S/C14H19Cl2FN2O.ClH/c15-10-3-4-11(16)14(17)13(10)12(2-1-9-20)19-7-5-18-6-8-19;/h3-4,12,18,20H,1-2,5-9H2;1H/t12-;/m0./s1. The van der Waals surface area contributed by atoms with E-state index in [0.717, 1.165) is 26.2 Å². The normalized spacial score (nSPS) is 17.3. The van der Waals surface area contributed by atoms with Crippen molar-refractivity contribution in [1.82, 2.24) is 10.2 Å². The van der Waals surface area contributed by atoms with E-state index in [4.69, 9.17) is 28.3 Å². The van der Waals surface area contributed by atoms with Gasteiger partial charge in [-0.15, -0.1) is 12.4 Å². The number of aliphatic hydroxyl groups excluding tert-OH is 1. The van der Waals surface area contributed by atoms with E-state index in [9.17, 15) is 4.39 Å². The third-order valence-corrected chi connectivity index (χ3v) is 4.26. The van der Waals surface area contributed by atoms with Gasteiger partial charge in [-0.25, -0.2) is 4.39 Å². The number of nitrogens with zero attached hydrogens (tertiary/aromatic N) is 1. The van der Waals surface area contributed by atoms with Crippen molar-refractivity contribution in [2.75, 3.05) is 32.8 Å². The number of halogens is 4.